The smallest absolute Gasteiger partial charge is 0.257 e. The standard InChI is InChI=1S/C18H20F2N4O/c1-4-21-18-22-10(3)12-9-13(11-6-7-14(19)15(20)8-11)17(25)23-16(12)24(18)5-2/h6-10H,4-5H2,1-3H3,(H,21,22)(H,23,25). The molecule has 1 aliphatic heterocycles. The van der Waals surface area contributed by atoms with E-state index in [9.17, 15) is 13.6 Å². The first kappa shape index (κ1) is 17.1. The van der Waals surface area contributed by atoms with Gasteiger partial charge in [0.05, 0.1) is 6.04 Å². The predicted molar refractivity (Wildman–Crippen MR) is 95.0 cm³/mol. The van der Waals surface area contributed by atoms with Crippen molar-refractivity contribution in [2.24, 2.45) is 4.99 Å². The van der Waals surface area contributed by atoms with Crippen LogP contribution in [0.15, 0.2) is 34.1 Å². The van der Waals surface area contributed by atoms with Crippen LogP contribution in [0.4, 0.5) is 14.6 Å². The Bertz CT molecular complexity index is 891. The van der Waals surface area contributed by atoms with E-state index in [1.54, 1.807) is 6.07 Å². The van der Waals surface area contributed by atoms with Gasteiger partial charge in [0.2, 0.25) is 0 Å². The summed E-state index contributed by atoms with van der Waals surface area (Å²) < 4.78 is 26.7. The highest BCUT2D eigenvalue weighted by atomic mass is 19.2. The molecule has 2 N–H and O–H groups in total. The van der Waals surface area contributed by atoms with E-state index in [0.717, 1.165) is 17.7 Å². The van der Waals surface area contributed by atoms with Gasteiger partial charge in [-0.2, -0.15) is 0 Å². The number of hydrogen-bond donors (Lipinski definition) is 2. The van der Waals surface area contributed by atoms with E-state index < -0.39 is 11.6 Å². The van der Waals surface area contributed by atoms with E-state index in [0.29, 0.717) is 36.0 Å². The van der Waals surface area contributed by atoms with Crippen LogP contribution in [0.25, 0.3) is 11.1 Å². The van der Waals surface area contributed by atoms with Crippen molar-refractivity contribution in [3.8, 4) is 11.1 Å². The van der Waals surface area contributed by atoms with Crippen molar-refractivity contribution in [3.63, 3.8) is 0 Å². The minimum absolute atomic E-state index is 0.0796. The van der Waals surface area contributed by atoms with E-state index in [1.807, 2.05) is 25.7 Å². The van der Waals surface area contributed by atoms with Crippen LogP contribution < -0.4 is 15.8 Å². The average molecular weight is 346 g/mol. The molecule has 1 aromatic carbocycles. The molecule has 132 valence electrons. The Hall–Kier alpha value is -2.70. The molecule has 5 nitrogen and oxygen atoms in total. The molecule has 7 heteroatoms. The Morgan fingerprint density at radius 1 is 1.20 bits per heavy atom. The highest BCUT2D eigenvalue weighted by Gasteiger charge is 2.28. The molecule has 0 spiro atoms. The molecule has 2 aromatic rings. The van der Waals surface area contributed by atoms with Gasteiger partial charge in [0.25, 0.3) is 5.56 Å². The molecular formula is C18H20F2N4O. The fourth-order valence-electron chi connectivity index (χ4n) is 3.01. The summed E-state index contributed by atoms with van der Waals surface area (Å²) in [5.41, 5.74) is 1.16. The number of guanidine groups is 1. The molecule has 1 unspecified atom stereocenters. The third-order valence-corrected chi connectivity index (χ3v) is 4.24. The van der Waals surface area contributed by atoms with Crippen LogP contribution in [-0.2, 0) is 0 Å². The first-order valence-electron chi connectivity index (χ1n) is 8.27. The Labute approximate surface area is 144 Å². The maximum atomic E-state index is 13.5. The van der Waals surface area contributed by atoms with Crippen molar-refractivity contribution in [2.75, 3.05) is 18.0 Å². The molecule has 2 heterocycles. The first-order chi connectivity index (χ1) is 12.0. The Balaban J connectivity index is 2.16. The molecule has 3 rings (SSSR count). The zero-order valence-electron chi connectivity index (χ0n) is 14.4. The van der Waals surface area contributed by atoms with E-state index >= 15 is 0 Å². The molecule has 1 aromatic heterocycles. The van der Waals surface area contributed by atoms with Gasteiger partial charge in [0.15, 0.2) is 17.6 Å². The number of anilines is 1. The third kappa shape index (κ3) is 3.01. The van der Waals surface area contributed by atoms with Gasteiger partial charge < -0.3 is 10.3 Å². The van der Waals surface area contributed by atoms with Crippen molar-refractivity contribution < 1.29 is 8.78 Å². The van der Waals surface area contributed by atoms with Crippen molar-refractivity contribution in [1.82, 2.24) is 10.3 Å². The number of hydrogen-bond acceptors (Lipinski definition) is 2. The second-order valence-electron chi connectivity index (χ2n) is 5.85. The normalized spacial score (nSPS) is 18.2. The number of H-pyrrole nitrogens is 1. The largest absolute Gasteiger partial charge is 0.349 e. The summed E-state index contributed by atoms with van der Waals surface area (Å²) in [6, 6.07) is 5.11. The van der Waals surface area contributed by atoms with Gasteiger partial charge in [-0.05, 0) is 44.5 Å². The predicted octanol–water partition coefficient (Wildman–Crippen LogP) is 3.19. The van der Waals surface area contributed by atoms with Crippen LogP contribution in [-0.4, -0.2) is 24.0 Å². The van der Waals surface area contributed by atoms with Crippen LogP contribution in [0.3, 0.4) is 0 Å². The molecule has 0 amide bonds. The number of nitrogens with one attached hydrogen (secondary N) is 2. The topological polar surface area (TPSA) is 60.5 Å². The molecule has 1 aliphatic rings. The van der Waals surface area contributed by atoms with E-state index in [1.165, 1.54) is 6.07 Å². The van der Waals surface area contributed by atoms with Crippen LogP contribution in [0.5, 0.6) is 0 Å². The highest BCUT2D eigenvalue weighted by Crippen LogP contribution is 2.31. The fraction of sp³-hybridized carbons (Fsp3) is 0.333. The maximum absolute atomic E-state index is 13.5. The monoisotopic (exact) mass is 346 g/mol. The number of halogens is 2. The molecular weight excluding hydrogens is 326 g/mol. The van der Waals surface area contributed by atoms with Gasteiger partial charge >= 0.3 is 0 Å². The fourth-order valence-corrected chi connectivity index (χ4v) is 3.01. The lowest BCUT2D eigenvalue weighted by Crippen LogP contribution is -2.48. The summed E-state index contributed by atoms with van der Waals surface area (Å²) in [6.07, 6.45) is 0. The van der Waals surface area contributed by atoms with E-state index in [2.05, 4.69) is 15.3 Å². The third-order valence-electron chi connectivity index (χ3n) is 4.24. The van der Waals surface area contributed by atoms with Crippen molar-refractivity contribution in [1.29, 1.82) is 0 Å². The minimum Gasteiger partial charge on any atom is -0.349 e. The van der Waals surface area contributed by atoms with Crippen molar-refractivity contribution in [3.05, 3.63) is 51.8 Å². The number of benzene rings is 1. The lowest BCUT2D eigenvalue weighted by atomic mass is 10.00. The number of fused-ring (bicyclic) bond motifs is 1. The molecule has 25 heavy (non-hydrogen) atoms. The number of nitrogens with zero attached hydrogens (tertiary/aromatic N) is 2. The molecule has 0 fully saturated rings. The van der Waals surface area contributed by atoms with Gasteiger partial charge in [-0.1, -0.05) is 6.07 Å². The van der Waals surface area contributed by atoms with Crippen molar-refractivity contribution >= 4 is 11.8 Å². The second kappa shape index (κ2) is 6.66. The van der Waals surface area contributed by atoms with Gasteiger partial charge in [-0.3, -0.25) is 14.7 Å². The van der Waals surface area contributed by atoms with Gasteiger partial charge in [0, 0.05) is 24.2 Å². The summed E-state index contributed by atoms with van der Waals surface area (Å²) in [6.45, 7) is 7.13. The number of aromatic amines is 1. The first-order valence-corrected chi connectivity index (χ1v) is 8.27. The minimum atomic E-state index is -0.978. The summed E-state index contributed by atoms with van der Waals surface area (Å²) in [5, 5.41) is 3.31. The van der Waals surface area contributed by atoms with Gasteiger partial charge in [-0.25, -0.2) is 8.78 Å². The van der Waals surface area contributed by atoms with Crippen LogP contribution in [0, 0.1) is 11.6 Å². The Kier molecular flexibility index (Phi) is 4.57. The van der Waals surface area contributed by atoms with Crippen LogP contribution in [0.2, 0.25) is 0 Å². The number of aliphatic imine (C=N–C) groups is 1. The number of rotatable bonds is 3. The molecule has 0 saturated carbocycles. The van der Waals surface area contributed by atoms with E-state index in [-0.39, 0.29) is 11.6 Å². The van der Waals surface area contributed by atoms with Gasteiger partial charge in [0.1, 0.15) is 5.82 Å². The van der Waals surface area contributed by atoms with Gasteiger partial charge in [-0.15, -0.1) is 0 Å². The molecule has 0 saturated heterocycles. The van der Waals surface area contributed by atoms with E-state index in [4.69, 9.17) is 0 Å². The molecule has 0 aliphatic carbocycles. The molecule has 0 radical (unpaired) electrons. The molecule has 0 bridgehead atoms. The quantitative estimate of drug-likeness (QED) is 0.897. The zero-order valence-corrected chi connectivity index (χ0v) is 14.4. The highest BCUT2D eigenvalue weighted by molar-refractivity contribution is 5.98. The maximum Gasteiger partial charge on any atom is 0.257 e. The zero-order chi connectivity index (χ0) is 18.1. The van der Waals surface area contributed by atoms with Crippen LogP contribution in [0.1, 0.15) is 32.4 Å². The summed E-state index contributed by atoms with van der Waals surface area (Å²) in [7, 11) is 0. The average Bonchev–Trinajstić information content (AvgIpc) is 2.58. The van der Waals surface area contributed by atoms with Crippen LogP contribution >= 0.6 is 0 Å². The number of pyridine rings is 1. The Morgan fingerprint density at radius 3 is 2.60 bits per heavy atom. The SMILES string of the molecule is CCN=C1NC(C)c2cc(-c3ccc(F)c(F)c3)c(=O)[nH]c2N1CC. The summed E-state index contributed by atoms with van der Waals surface area (Å²) >= 11 is 0. The lowest BCUT2D eigenvalue weighted by Gasteiger charge is -2.35. The van der Waals surface area contributed by atoms with Crippen molar-refractivity contribution in [2.45, 2.75) is 26.8 Å². The summed E-state index contributed by atoms with van der Waals surface area (Å²) in [5.74, 6) is -0.530. The lowest BCUT2D eigenvalue weighted by molar-refractivity contribution is 0.509. The second-order valence-corrected chi connectivity index (χ2v) is 5.85. The number of aromatic nitrogens is 1. The summed E-state index contributed by atoms with van der Waals surface area (Å²) in [4.78, 5) is 21.8. The Morgan fingerprint density at radius 2 is 1.96 bits per heavy atom. The molecule has 1 atom stereocenters.